The number of benzene rings is 1. The van der Waals surface area contributed by atoms with Crippen molar-refractivity contribution in [3.8, 4) is 0 Å². The monoisotopic (exact) mass is 656 g/mol. The van der Waals surface area contributed by atoms with Crippen LogP contribution in [0, 0.1) is 0 Å². The quantitative estimate of drug-likeness (QED) is 0.120. The van der Waals surface area contributed by atoms with Crippen molar-refractivity contribution in [2.45, 2.75) is 115 Å². The van der Waals surface area contributed by atoms with Gasteiger partial charge in [-0.3, -0.25) is 9.59 Å². The van der Waals surface area contributed by atoms with Crippen molar-refractivity contribution in [2.75, 3.05) is 32.9 Å². The molecule has 47 heavy (non-hydrogen) atoms. The number of likely N-dealkylation sites (tertiary alicyclic amines) is 1. The Hall–Kier alpha value is -3.25. The summed E-state index contributed by atoms with van der Waals surface area (Å²) in [4.78, 5) is 41.9. The number of carbonyl (C=O) groups is 3. The average molecular weight is 657 g/mol. The molecule has 2 amide bonds. The summed E-state index contributed by atoms with van der Waals surface area (Å²) in [5, 5.41) is 20.7. The zero-order valence-electron chi connectivity index (χ0n) is 27.9. The molecule has 11 heteroatoms. The van der Waals surface area contributed by atoms with Gasteiger partial charge in [-0.25, -0.2) is 4.79 Å². The van der Waals surface area contributed by atoms with Gasteiger partial charge in [-0.1, -0.05) is 51.7 Å². The number of carbonyl (C=O) groups excluding carboxylic acids is 3. The van der Waals surface area contributed by atoms with E-state index in [4.69, 9.17) is 29.2 Å². The number of amides is 2. The summed E-state index contributed by atoms with van der Waals surface area (Å²) >= 11 is 0. The molecule has 0 spiro atoms. The van der Waals surface area contributed by atoms with Crippen LogP contribution in [0.5, 0.6) is 0 Å². The molecule has 3 aliphatic rings. The summed E-state index contributed by atoms with van der Waals surface area (Å²) in [6.07, 6.45) is 12.0. The fourth-order valence-corrected chi connectivity index (χ4v) is 6.54. The number of fused-ring (bicyclic) bond motifs is 1. The van der Waals surface area contributed by atoms with E-state index in [2.05, 4.69) is 19.2 Å². The van der Waals surface area contributed by atoms with Crippen LogP contribution in [0.15, 0.2) is 42.2 Å². The van der Waals surface area contributed by atoms with Gasteiger partial charge in [-0.2, -0.15) is 0 Å². The van der Waals surface area contributed by atoms with Crippen LogP contribution in [0.1, 0.15) is 100 Å². The summed E-state index contributed by atoms with van der Waals surface area (Å²) < 4.78 is 24.7. The number of aliphatic hydroxyl groups is 2. The highest BCUT2D eigenvalue weighted by Crippen LogP contribution is 2.43. The molecule has 0 aromatic heterocycles. The smallest absolute Gasteiger partial charge is 0.338 e. The molecule has 1 aliphatic carbocycles. The molecule has 1 aromatic carbocycles. The molecule has 0 saturated carbocycles. The first-order valence-electron chi connectivity index (χ1n) is 17.3. The minimum absolute atomic E-state index is 0.0768. The third-order valence-corrected chi connectivity index (χ3v) is 8.97. The number of rotatable bonds is 18. The first kappa shape index (κ1) is 36.6. The summed E-state index contributed by atoms with van der Waals surface area (Å²) in [6.45, 7) is 4.81. The number of aliphatic hydroxyl groups excluding tert-OH is 2. The molecule has 11 nitrogen and oxygen atoms in total. The molecular formula is C36H52N2O9. The highest BCUT2D eigenvalue weighted by molar-refractivity contribution is 5.98. The Kier molecular flexibility index (Phi) is 14.3. The maximum atomic E-state index is 14.0. The Balaban J connectivity index is 1.57. The maximum Gasteiger partial charge on any atom is 0.338 e. The van der Waals surface area contributed by atoms with Gasteiger partial charge in [0.1, 0.15) is 31.0 Å². The minimum Gasteiger partial charge on any atom is -0.499 e. The zero-order chi connectivity index (χ0) is 33.6. The van der Waals surface area contributed by atoms with Gasteiger partial charge < -0.3 is 39.4 Å². The van der Waals surface area contributed by atoms with E-state index < -0.39 is 36.1 Å². The summed E-state index contributed by atoms with van der Waals surface area (Å²) in [7, 11) is 0. The first-order chi connectivity index (χ1) is 22.8. The number of unbranched alkanes of at least 4 members (excludes halogenated alkanes) is 4. The van der Waals surface area contributed by atoms with Gasteiger partial charge in [-0.05, 0) is 55.5 Å². The lowest BCUT2D eigenvalue weighted by Gasteiger charge is -2.33. The van der Waals surface area contributed by atoms with Gasteiger partial charge >= 0.3 is 5.97 Å². The molecule has 260 valence electrons. The van der Waals surface area contributed by atoms with Crippen LogP contribution < -0.4 is 5.32 Å². The Bertz CT molecular complexity index is 1220. The van der Waals surface area contributed by atoms with Crippen molar-refractivity contribution in [2.24, 2.45) is 0 Å². The maximum absolute atomic E-state index is 14.0. The summed E-state index contributed by atoms with van der Waals surface area (Å²) in [6, 6.07) is 6.25. The largest absolute Gasteiger partial charge is 0.499 e. The number of esters is 1. The van der Waals surface area contributed by atoms with E-state index in [1.54, 1.807) is 35.2 Å². The SMILES string of the molecule is CCCCCC1(CCCCC)O[C@@H]2[C@@H](C=C(C(=O)N3CCC[C@@H]3C(=O)NCCO)C[C@H]2OC(=O)c2ccc(C=COCCO)cc2)O1. The van der Waals surface area contributed by atoms with Crippen molar-refractivity contribution in [3.63, 3.8) is 0 Å². The molecule has 0 bridgehead atoms. The molecule has 4 rings (SSSR count). The molecular weight excluding hydrogens is 604 g/mol. The number of hydrogen-bond acceptors (Lipinski definition) is 9. The van der Waals surface area contributed by atoms with E-state index >= 15 is 0 Å². The predicted molar refractivity (Wildman–Crippen MR) is 176 cm³/mol. The van der Waals surface area contributed by atoms with Crippen LogP contribution in [0.3, 0.4) is 0 Å². The number of nitrogens with one attached hydrogen (secondary N) is 1. The zero-order valence-corrected chi connectivity index (χ0v) is 27.9. The van der Waals surface area contributed by atoms with Gasteiger partial charge in [0.25, 0.3) is 0 Å². The van der Waals surface area contributed by atoms with Crippen LogP contribution in [-0.2, 0) is 28.5 Å². The number of nitrogens with zero attached hydrogens (tertiary/aromatic N) is 1. The Labute approximate surface area is 278 Å². The minimum atomic E-state index is -0.828. The third-order valence-electron chi connectivity index (χ3n) is 8.97. The first-order valence-corrected chi connectivity index (χ1v) is 17.3. The van der Waals surface area contributed by atoms with E-state index in [1.165, 1.54) is 6.26 Å². The standard InChI is InChI=1S/C36H52N2O9/c1-3-5-7-16-36(17-8-6-4-2)46-31-25-28(34(42)38-19-9-10-29(38)33(41)37-18-20-39)24-30(32(31)47-36)45-35(43)27-13-11-26(12-14-27)15-22-44-23-21-40/h11-15,22,25,29-32,39-40H,3-10,16-21,23-24H2,1-2H3,(H,37,41)/t29-,30-,31-,32+/m1/s1. The lowest BCUT2D eigenvalue weighted by Crippen LogP contribution is -2.49. The van der Waals surface area contributed by atoms with Gasteiger partial charge in [0.15, 0.2) is 5.79 Å². The van der Waals surface area contributed by atoms with Crippen LogP contribution in [0.4, 0.5) is 0 Å². The van der Waals surface area contributed by atoms with Gasteiger partial charge in [0, 0.05) is 37.9 Å². The normalized spacial score (nSPS) is 23.4. The summed E-state index contributed by atoms with van der Waals surface area (Å²) in [5.41, 5.74) is 1.61. The third kappa shape index (κ3) is 9.88. The van der Waals surface area contributed by atoms with Gasteiger partial charge in [0.2, 0.25) is 11.8 Å². The molecule has 1 aromatic rings. The van der Waals surface area contributed by atoms with E-state index in [0.29, 0.717) is 43.4 Å². The second-order valence-corrected chi connectivity index (χ2v) is 12.5. The molecule has 0 radical (unpaired) electrons. The number of ether oxygens (including phenoxy) is 4. The average Bonchev–Trinajstić information content (AvgIpc) is 3.71. The molecule has 4 atom stereocenters. The van der Waals surface area contributed by atoms with Crippen LogP contribution >= 0.6 is 0 Å². The molecule has 0 unspecified atom stereocenters. The van der Waals surface area contributed by atoms with Crippen molar-refractivity contribution in [1.29, 1.82) is 0 Å². The van der Waals surface area contributed by atoms with Gasteiger partial charge in [0.05, 0.1) is 25.0 Å². The highest BCUT2D eigenvalue weighted by atomic mass is 16.8. The number of hydrogen-bond donors (Lipinski definition) is 3. The Morgan fingerprint density at radius 1 is 1.02 bits per heavy atom. The van der Waals surface area contributed by atoms with Crippen LogP contribution in [0.25, 0.3) is 6.08 Å². The van der Waals surface area contributed by atoms with E-state index in [0.717, 1.165) is 44.1 Å². The van der Waals surface area contributed by atoms with E-state index in [1.807, 2.05) is 6.08 Å². The molecule has 2 saturated heterocycles. The van der Waals surface area contributed by atoms with Crippen molar-refractivity contribution in [3.05, 3.63) is 53.3 Å². The van der Waals surface area contributed by atoms with Crippen molar-refractivity contribution < 1.29 is 43.5 Å². The van der Waals surface area contributed by atoms with Crippen molar-refractivity contribution in [1.82, 2.24) is 10.2 Å². The molecule has 2 aliphatic heterocycles. The summed E-state index contributed by atoms with van der Waals surface area (Å²) in [5.74, 6) is -1.92. The molecule has 3 N–H and O–H groups in total. The topological polar surface area (TPSA) is 144 Å². The Morgan fingerprint density at radius 3 is 2.40 bits per heavy atom. The lowest BCUT2D eigenvalue weighted by molar-refractivity contribution is -0.190. The fourth-order valence-electron chi connectivity index (χ4n) is 6.54. The highest BCUT2D eigenvalue weighted by Gasteiger charge is 2.53. The van der Waals surface area contributed by atoms with E-state index in [-0.39, 0.29) is 44.6 Å². The van der Waals surface area contributed by atoms with E-state index in [9.17, 15) is 14.4 Å². The second kappa shape index (κ2) is 18.3. The molecule has 2 fully saturated rings. The predicted octanol–water partition coefficient (Wildman–Crippen LogP) is 4.26. The Morgan fingerprint density at radius 2 is 1.74 bits per heavy atom. The fraction of sp³-hybridized carbons (Fsp3) is 0.639. The second-order valence-electron chi connectivity index (χ2n) is 12.5. The van der Waals surface area contributed by atoms with Gasteiger partial charge in [-0.15, -0.1) is 0 Å². The lowest BCUT2D eigenvalue weighted by atomic mass is 9.91. The van der Waals surface area contributed by atoms with Crippen LogP contribution in [0.2, 0.25) is 0 Å². The molecule has 2 heterocycles. The van der Waals surface area contributed by atoms with Crippen molar-refractivity contribution >= 4 is 23.9 Å². The van der Waals surface area contributed by atoms with Crippen LogP contribution in [-0.4, -0.2) is 95.9 Å².